The molecule has 0 saturated heterocycles. The Morgan fingerprint density at radius 2 is 1.65 bits per heavy atom. The Morgan fingerprint density at radius 3 is 2.35 bits per heavy atom. The summed E-state index contributed by atoms with van der Waals surface area (Å²) < 4.78 is 2.02. The molecule has 0 aliphatic heterocycles. The minimum absolute atomic E-state index is 0.567. The fraction of sp³-hybridized carbons (Fsp3) is 0.238. The molecule has 4 nitrogen and oxygen atoms in total. The lowest BCUT2D eigenvalue weighted by molar-refractivity contribution is 0.659. The van der Waals surface area contributed by atoms with Gasteiger partial charge in [-0.15, -0.1) is 0 Å². The van der Waals surface area contributed by atoms with E-state index in [1.807, 2.05) is 23.7 Å². The van der Waals surface area contributed by atoms with Crippen molar-refractivity contribution in [3.05, 3.63) is 76.6 Å². The number of hydrogen-bond donors (Lipinski definition) is 2. The molecule has 3 aromatic rings. The smallest absolute Gasteiger partial charge is 0.175 e. The van der Waals surface area contributed by atoms with E-state index in [-0.39, 0.29) is 0 Å². The number of nitrogens with one attached hydrogen (secondary N) is 2. The van der Waals surface area contributed by atoms with Gasteiger partial charge in [-0.25, -0.2) is 0 Å². The highest BCUT2D eigenvalue weighted by Crippen LogP contribution is 2.21. The lowest BCUT2D eigenvalue weighted by Crippen LogP contribution is -2.20. The van der Waals surface area contributed by atoms with E-state index in [1.54, 1.807) is 0 Å². The minimum Gasteiger partial charge on any atom is -0.332 e. The van der Waals surface area contributed by atoms with E-state index in [4.69, 9.17) is 12.2 Å². The van der Waals surface area contributed by atoms with Crippen molar-refractivity contribution in [1.29, 1.82) is 0 Å². The van der Waals surface area contributed by atoms with Gasteiger partial charge in [0.1, 0.15) is 0 Å². The Kier molecular flexibility index (Phi) is 5.38. The van der Waals surface area contributed by atoms with E-state index < -0.39 is 0 Å². The number of aryl methyl sites for hydroxylation is 3. The maximum atomic E-state index is 5.48. The average molecular weight is 365 g/mol. The third-order valence-corrected chi connectivity index (χ3v) is 4.51. The number of thiocarbonyl (C=S) groups is 1. The molecule has 3 rings (SSSR count). The Hall–Kier alpha value is -2.66. The molecule has 0 aliphatic carbocycles. The minimum atomic E-state index is 0.567. The molecule has 0 unspecified atom stereocenters. The molecule has 0 bridgehead atoms. The summed E-state index contributed by atoms with van der Waals surface area (Å²) in [7, 11) is 0. The second kappa shape index (κ2) is 7.70. The van der Waals surface area contributed by atoms with Crippen LogP contribution >= 0.6 is 12.2 Å². The van der Waals surface area contributed by atoms with Crippen LogP contribution in [0.25, 0.3) is 0 Å². The van der Waals surface area contributed by atoms with Crippen molar-refractivity contribution in [2.75, 3.05) is 10.6 Å². The third-order valence-electron chi connectivity index (χ3n) is 4.31. The first-order chi connectivity index (χ1) is 12.4. The fourth-order valence-electron chi connectivity index (χ4n) is 3.01. The van der Waals surface area contributed by atoms with Crippen LogP contribution in [0.15, 0.2) is 48.5 Å². The zero-order chi connectivity index (χ0) is 18.7. The Balaban J connectivity index is 1.74. The first kappa shape index (κ1) is 18.1. The van der Waals surface area contributed by atoms with Crippen LogP contribution in [0, 0.1) is 27.7 Å². The lowest BCUT2D eigenvalue weighted by atomic mass is 10.1. The molecular weight excluding hydrogens is 340 g/mol. The summed E-state index contributed by atoms with van der Waals surface area (Å²) in [4.78, 5) is 0. The second-order valence-electron chi connectivity index (χ2n) is 6.64. The first-order valence-electron chi connectivity index (χ1n) is 8.66. The van der Waals surface area contributed by atoms with Crippen LogP contribution in [0.2, 0.25) is 0 Å². The van der Waals surface area contributed by atoms with Crippen LogP contribution in [0.4, 0.5) is 11.4 Å². The van der Waals surface area contributed by atoms with Crippen LogP contribution in [0.5, 0.6) is 0 Å². The zero-order valence-corrected chi connectivity index (χ0v) is 16.4. The van der Waals surface area contributed by atoms with E-state index in [0.717, 1.165) is 29.3 Å². The van der Waals surface area contributed by atoms with E-state index in [1.165, 1.54) is 16.7 Å². The molecule has 0 atom stereocenters. The van der Waals surface area contributed by atoms with Crippen LogP contribution in [0.3, 0.4) is 0 Å². The molecule has 2 aromatic carbocycles. The van der Waals surface area contributed by atoms with Gasteiger partial charge in [-0.1, -0.05) is 42.0 Å². The average Bonchev–Trinajstić information content (AvgIpc) is 2.82. The summed E-state index contributed by atoms with van der Waals surface area (Å²) in [6, 6.07) is 16.6. The number of hydrogen-bond acceptors (Lipinski definition) is 2. The monoisotopic (exact) mass is 364 g/mol. The van der Waals surface area contributed by atoms with Crippen molar-refractivity contribution in [3.8, 4) is 0 Å². The lowest BCUT2D eigenvalue weighted by Gasteiger charge is -2.12. The molecular formula is C21H24N4S. The van der Waals surface area contributed by atoms with Gasteiger partial charge >= 0.3 is 0 Å². The van der Waals surface area contributed by atoms with Crippen LogP contribution in [-0.4, -0.2) is 14.9 Å². The molecule has 26 heavy (non-hydrogen) atoms. The molecule has 134 valence electrons. The molecule has 0 fully saturated rings. The van der Waals surface area contributed by atoms with Crippen molar-refractivity contribution < 1.29 is 0 Å². The number of benzene rings is 2. The van der Waals surface area contributed by atoms with Gasteiger partial charge < -0.3 is 10.6 Å². The van der Waals surface area contributed by atoms with E-state index in [0.29, 0.717) is 5.11 Å². The maximum Gasteiger partial charge on any atom is 0.175 e. The van der Waals surface area contributed by atoms with Crippen LogP contribution < -0.4 is 10.6 Å². The van der Waals surface area contributed by atoms with Crippen molar-refractivity contribution in [3.63, 3.8) is 0 Å². The SMILES string of the molecule is Cc1cccc(Cn2nc(C)c(NC(=S)Nc3cccc(C)c3)c2C)c1. The highest BCUT2D eigenvalue weighted by atomic mass is 32.1. The third kappa shape index (κ3) is 4.29. The summed E-state index contributed by atoms with van der Waals surface area (Å²) in [5, 5.41) is 11.8. The second-order valence-corrected chi connectivity index (χ2v) is 7.05. The van der Waals surface area contributed by atoms with Crippen LogP contribution in [0.1, 0.15) is 28.1 Å². The van der Waals surface area contributed by atoms with E-state index in [9.17, 15) is 0 Å². The Bertz CT molecular complexity index is 943. The topological polar surface area (TPSA) is 41.9 Å². The number of anilines is 2. The quantitative estimate of drug-likeness (QED) is 0.641. The molecule has 0 spiro atoms. The van der Waals surface area contributed by atoms with E-state index >= 15 is 0 Å². The summed E-state index contributed by atoms with van der Waals surface area (Å²) >= 11 is 5.48. The summed E-state index contributed by atoms with van der Waals surface area (Å²) in [6.45, 7) is 8.97. The Labute approximate surface area is 160 Å². The van der Waals surface area contributed by atoms with Crippen molar-refractivity contribution >= 4 is 28.7 Å². The molecule has 1 aromatic heterocycles. The molecule has 5 heteroatoms. The molecule has 0 radical (unpaired) electrons. The molecule has 0 saturated carbocycles. The molecule has 2 N–H and O–H groups in total. The highest BCUT2D eigenvalue weighted by molar-refractivity contribution is 7.80. The normalized spacial score (nSPS) is 10.6. The van der Waals surface area contributed by atoms with Gasteiger partial charge in [0, 0.05) is 5.69 Å². The standard InChI is InChI=1S/C21H24N4S/c1-14-7-5-9-18(11-14)13-25-17(4)20(16(3)24-25)23-21(26)22-19-10-6-8-15(2)12-19/h5-12H,13H2,1-4H3,(H2,22,23,26). The van der Waals surface area contributed by atoms with E-state index in [2.05, 4.69) is 72.9 Å². The van der Waals surface area contributed by atoms with Gasteiger partial charge in [-0.05, 0) is 63.2 Å². The van der Waals surface area contributed by atoms with Gasteiger partial charge in [0.2, 0.25) is 0 Å². The summed E-state index contributed by atoms with van der Waals surface area (Å²) in [5.41, 5.74) is 7.62. The largest absolute Gasteiger partial charge is 0.332 e. The number of aromatic nitrogens is 2. The van der Waals surface area contributed by atoms with Gasteiger partial charge in [0.25, 0.3) is 0 Å². The van der Waals surface area contributed by atoms with Crippen molar-refractivity contribution in [1.82, 2.24) is 9.78 Å². The van der Waals surface area contributed by atoms with Gasteiger partial charge in [-0.2, -0.15) is 5.10 Å². The van der Waals surface area contributed by atoms with Gasteiger partial charge in [0.05, 0.1) is 23.6 Å². The number of rotatable bonds is 4. The predicted molar refractivity (Wildman–Crippen MR) is 113 cm³/mol. The van der Waals surface area contributed by atoms with Crippen molar-refractivity contribution in [2.24, 2.45) is 0 Å². The molecule has 0 amide bonds. The predicted octanol–water partition coefficient (Wildman–Crippen LogP) is 4.97. The summed E-state index contributed by atoms with van der Waals surface area (Å²) in [6.07, 6.45) is 0. The van der Waals surface area contributed by atoms with Gasteiger partial charge in [-0.3, -0.25) is 4.68 Å². The van der Waals surface area contributed by atoms with Crippen molar-refractivity contribution in [2.45, 2.75) is 34.2 Å². The molecule has 0 aliphatic rings. The maximum absolute atomic E-state index is 5.48. The van der Waals surface area contributed by atoms with Gasteiger partial charge in [0.15, 0.2) is 5.11 Å². The zero-order valence-electron chi connectivity index (χ0n) is 15.6. The first-order valence-corrected chi connectivity index (χ1v) is 9.07. The van der Waals surface area contributed by atoms with Crippen LogP contribution in [-0.2, 0) is 6.54 Å². The Morgan fingerprint density at radius 1 is 0.962 bits per heavy atom. The summed E-state index contributed by atoms with van der Waals surface area (Å²) in [5.74, 6) is 0. The number of nitrogens with zero attached hydrogens (tertiary/aromatic N) is 2. The molecule has 1 heterocycles. The highest BCUT2D eigenvalue weighted by Gasteiger charge is 2.13. The fourth-order valence-corrected chi connectivity index (χ4v) is 3.23.